The minimum absolute atomic E-state index is 0.0421. The minimum atomic E-state index is -4.59. The van der Waals surface area contributed by atoms with Gasteiger partial charge in [0.25, 0.3) is 5.69 Å². The molecule has 0 aliphatic carbocycles. The predicted octanol–water partition coefficient (Wildman–Crippen LogP) is 5.60. The number of thioether (sulfide) groups is 1. The Kier molecular flexibility index (Phi) is 6.67. The number of halogens is 4. The van der Waals surface area contributed by atoms with Gasteiger partial charge in [0, 0.05) is 12.1 Å². The first-order chi connectivity index (χ1) is 12.8. The van der Waals surface area contributed by atoms with Gasteiger partial charge in [-0.25, -0.2) is 0 Å². The van der Waals surface area contributed by atoms with Gasteiger partial charge in [-0.05, 0) is 30.7 Å². The van der Waals surface area contributed by atoms with E-state index in [1.807, 2.05) is 0 Å². The van der Waals surface area contributed by atoms with Crippen LogP contribution in [0.2, 0.25) is 5.02 Å². The third-order valence-corrected chi connectivity index (χ3v) is 6.12. The average Bonchev–Trinajstić information content (AvgIpc) is 2.54. The molecule has 0 unspecified atom stereocenters. The Morgan fingerprint density at radius 2 is 1.89 bits per heavy atom. The fourth-order valence-electron chi connectivity index (χ4n) is 2.05. The molecule has 0 bridgehead atoms. The van der Waals surface area contributed by atoms with Crippen molar-refractivity contribution in [1.82, 2.24) is 0 Å². The summed E-state index contributed by atoms with van der Waals surface area (Å²) >= 11 is 6.40. The van der Waals surface area contributed by atoms with Crippen molar-refractivity contribution >= 4 is 36.6 Å². The van der Waals surface area contributed by atoms with E-state index in [9.17, 15) is 27.9 Å². The van der Waals surface area contributed by atoms with Crippen LogP contribution in [0.3, 0.4) is 0 Å². The normalized spacial score (nSPS) is 12.1. The zero-order valence-corrected chi connectivity index (χ0v) is 16.4. The molecule has 0 heterocycles. The van der Waals surface area contributed by atoms with Gasteiger partial charge in [0.2, 0.25) is 0 Å². The standard InChI is InChI=1S/C15H12ClF3NO6PS/c1-8-4-11(20(21)22)14(28-7-27(23,24)25)6-13(8)26-12-3-2-9(5-10(12)16)15(17,18)19/h2-6H,7H2,1H3,(H2,23,24,25). The average molecular weight is 458 g/mol. The van der Waals surface area contributed by atoms with Crippen LogP contribution in [-0.2, 0) is 10.7 Å². The van der Waals surface area contributed by atoms with Crippen molar-refractivity contribution in [2.75, 3.05) is 5.49 Å². The van der Waals surface area contributed by atoms with E-state index in [0.29, 0.717) is 17.8 Å². The van der Waals surface area contributed by atoms with Crippen LogP contribution in [0.1, 0.15) is 11.1 Å². The van der Waals surface area contributed by atoms with Gasteiger partial charge in [-0.15, -0.1) is 11.8 Å². The summed E-state index contributed by atoms with van der Waals surface area (Å²) in [5, 5.41) is 10.9. The summed E-state index contributed by atoms with van der Waals surface area (Å²) in [5.41, 5.74) is -1.77. The summed E-state index contributed by atoms with van der Waals surface area (Å²) in [7, 11) is -4.43. The molecular weight excluding hydrogens is 446 g/mol. The van der Waals surface area contributed by atoms with Crippen molar-refractivity contribution in [3.05, 3.63) is 56.6 Å². The molecule has 152 valence electrons. The van der Waals surface area contributed by atoms with E-state index in [0.717, 1.165) is 18.2 Å². The first-order valence-corrected chi connectivity index (χ1v) is 10.4. The van der Waals surface area contributed by atoms with Crippen LogP contribution in [-0.4, -0.2) is 20.2 Å². The van der Waals surface area contributed by atoms with Crippen LogP contribution < -0.4 is 4.74 Å². The first-order valence-electron chi connectivity index (χ1n) is 7.29. The van der Waals surface area contributed by atoms with Crippen molar-refractivity contribution in [2.24, 2.45) is 0 Å². The monoisotopic (exact) mass is 457 g/mol. The molecule has 13 heteroatoms. The minimum Gasteiger partial charge on any atom is -0.455 e. The summed E-state index contributed by atoms with van der Waals surface area (Å²) in [4.78, 5) is 28.3. The molecule has 0 radical (unpaired) electrons. The van der Waals surface area contributed by atoms with Gasteiger partial charge in [-0.1, -0.05) is 11.6 Å². The van der Waals surface area contributed by atoms with Gasteiger partial charge in [0.15, 0.2) is 0 Å². The van der Waals surface area contributed by atoms with Crippen molar-refractivity contribution in [3.63, 3.8) is 0 Å². The van der Waals surface area contributed by atoms with E-state index < -0.39 is 29.8 Å². The lowest BCUT2D eigenvalue weighted by Crippen LogP contribution is -2.04. The zero-order valence-electron chi connectivity index (χ0n) is 13.9. The maximum Gasteiger partial charge on any atom is 0.416 e. The van der Waals surface area contributed by atoms with Gasteiger partial charge in [0.05, 0.1) is 20.4 Å². The highest BCUT2D eigenvalue weighted by molar-refractivity contribution is 8.04. The first kappa shape index (κ1) is 22.5. The third-order valence-electron chi connectivity index (χ3n) is 3.32. The lowest BCUT2D eigenvalue weighted by molar-refractivity contribution is -0.387. The van der Waals surface area contributed by atoms with Crippen molar-refractivity contribution in [2.45, 2.75) is 18.0 Å². The Morgan fingerprint density at radius 3 is 2.39 bits per heavy atom. The highest BCUT2D eigenvalue weighted by Crippen LogP contribution is 2.45. The molecule has 0 saturated heterocycles. The molecule has 2 rings (SSSR count). The highest BCUT2D eigenvalue weighted by Gasteiger charge is 2.31. The maximum atomic E-state index is 12.7. The van der Waals surface area contributed by atoms with E-state index in [2.05, 4.69) is 0 Å². The second kappa shape index (κ2) is 8.30. The molecular formula is C15H12ClF3NO6PS. The zero-order chi connectivity index (χ0) is 21.3. The Balaban J connectivity index is 2.40. The summed E-state index contributed by atoms with van der Waals surface area (Å²) in [6.45, 7) is 1.47. The molecule has 7 nitrogen and oxygen atoms in total. The number of hydrogen-bond acceptors (Lipinski definition) is 5. The van der Waals surface area contributed by atoms with E-state index in [1.54, 1.807) is 0 Å². The lowest BCUT2D eigenvalue weighted by Gasteiger charge is -2.14. The Morgan fingerprint density at radius 1 is 1.25 bits per heavy atom. The van der Waals surface area contributed by atoms with Crippen molar-refractivity contribution < 1.29 is 37.2 Å². The van der Waals surface area contributed by atoms with Gasteiger partial charge >= 0.3 is 13.8 Å². The van der Waals surface area contributed by atoms with Gasteiger partial charge < -0.3 is 14.5 Å². The summed E-state index contributed by atoms with van der Waals surface area (Å²) in [6, 6.07) is 4.78. The number of alkyl halides is 3. The van der Waals surface area contributed by atoms with Gasteiger partial charge in [-0.3, -0.25) is 14.7 Å². The van der Waals surface area contributed by atoms with E-state index in [1.165, 1.54) is 13.0 Å². The molecule has 0 saturated carbocycles. The highest BCUT2D eigenvalue weighted by atomic mass is 35.5. The Labute approximate surface area is 165 Å². The molecule has 0 atom stereocenters. The SMILES string of the molecule is Cc1cc([N+](=O)[O-])c(SCP(=O)(O)O)cc1Oc1ccc(C(F)(F)F)cc1Cl. The lowest BCUT2D eigenvalue weighted by atomic mass is 10.2. The van der Waals surface area contributed by atoms with Crippen LogP contribution in [0.15, 0.2) is 35.2 Å². The number of benzene rings is 2. The van der Waals surface area contributed by atoms with Gasteiger partial charge in [-0.2, -0.15) is 13.2 Å². The Bertz CT molecular complexity index is 966. The predicted molar refractivity (Wildman–Crippen MR) is 97.1 cm³/mol. The van der Waals surface area contributed by atoms with Gasteiger partial charge in [0.1, 0.15) is 17.0 Å². The molecule has 0 aromatic heterocycles. The Hall–Kier alpha value is -1.78. The number of nitrogens with zero attached hydrogens (tertiary/aromatic N) is 1. The van der Waals surface area contributed by atoms with Crippen LogP contribution >= 0.6 is 31.0 Å². The molecule has 28 heavy (non-hydrogen) atoms. The van der Waals surface area contributed by atoms with Crippen LogP contribution in [0, 0.1) is 17.0 Å². The number of ether oxygens (including phenoxy) is 1. The fourth-order valence-corrected chi connectivity index (χ4v) is 3.97. The van der Waals surface area contributed by atoms with E-state index in [-0.39, 0.29) is 32.7 Å². The topological polar surface area (TPSA) is 110 Å². The number of rotatable bonds is 6. The van der Waals surface area contributed by atoms with Crippen molar-refractivity contribution in [1.29, 1.82) is 0 Å². The molecule has 0 fully saturated rings. The van der Waals surface area contributed by atoms with E-state index in [4.69, 9.17) is 26.1 Å². The molecule has 2 aromatic rings. The largest absolute Gasteiger partial charge is 0.455 e. The third kappa shape index (κ3) is 5.86. The molecule has 0 amide bonds. The van der Waals surface area contributed by atoms with Crippen molar-refractivity contribution in [3.8, 4) is 11.5 Å². The maximum absolute atomic E-state index is 12.7. The fraction of sp³-hybridized carbons (Fsp3) is 0.200. The number of hydrogen-bond donors (Lipinski definition) is 2. The smallest absolute Gasteiger partial charge is 0.416 e. The van der Waals surface area contributed by atoms with Crippen LogP contribution in [0.5, 0.6) is 11.5 Å². The molecule has 2 N–H and O–H groups in total. The number of nitro benzene ring substituents is 1. The summed E-state index contributed by atoms with van der Waals surface area (Å²) < 4.78 is 54.7. The molecule has 2 aromatic carbocycles. The quantitative estimate of drug-likeness (QED) is 0.251. The number of nitro groups is 1. The number of aryl methyl sites for hydroxylation is 1. The van der Waals surface area contributed by atoms with Crippen LogP contribution in [0.25, 0.3) is 0 Å². The van der Waals surface area contributed by atoms with Crippen LogP contribution in [0.4, 0.5) is 18.9 Å². The summed E-state index contributed by atoms with van der Waals surface area (Å²) in [6.07, 6.45) is -4.59. The second-order valence-electron chi connectivity index (χ2n) is 5.53. The second-order valence-corrected chi connectivity index (χ2v) is 9.02. The molecule has 0 aliphatic rings. The molecule has 0 aliphatic heterocycles. The summed E-state index contributed by atoms with van der Waals surface area (Å²) in [5.74, 6) is -0.0713. The molecule has 0 spiro atoms. The van der Waals surface area contributed by atoms with E-state index >= 15 is 0 Å².